The van der Waals surface area contributed by atoms with Gasteiger partial charge in [0.25, 0.3) is 5.69 Å². The molecule has 0 amide bonds. The third kappa shape index (κ3) is 4.93. The van der Waals surface area contributed by atoms with Crippen molar-refractivity contribution in [3.05, 3.63) is 94.0 Å². The summed E-state index contributed by atoms with van der Waals surface area (Å²) < 4.78 is 27.2. The lowest BCUT2D eigenvalue weighted by Crippen LogP contribution is -2.48. The smallest absolute Gasteiger partial charge is 0.269 e. The van der Waals surface area contributed by atoms with Gasteiger partial charge in [-0.3, -0.25) is 15.0 Å². The Balaban J connectivity index is 1.37. The van der Waals surface area contributed by atoms with Gasteiger partial charge >= 0.3 is 0 Å². The number of nitriles is 1. The van der Waals surface area contributed by atoms with Crippen LogP contribution in [0, 0.1) is 21.4 Å². The number of hydrogen-bond donors (Lipinski definition) is 0. The van der Waals surface area contributed by atoms with E-state index in [0.717, 1.165) is 16.7 Å². The molecule has 33 heavy (non-hydrogen) atoms. The van der Waals surface area contributed by atoms with Gasteiger partial charge in [-0.25, -0.2) is 8.42 Å². The van der Waals surface area contributed by atoms with E-state index in [4.69, 9.17) is 0 Å². The van der Waals surface area contributed by atoms with Crippen LogP contribution in [-0.4, -0.2) is 48.7 Å². The molecule has 0 atom stereocenters. The monoisotopic (exact) mass is 462 g/mol. The molecular formula is C24H22N4O4S. The Hall–Kier alpha value is -3.58. The van der Waals surface area contributed by atoms with Crippen LogP contribution in [0.4, 0.5) is 5.69 Å². The van der Waals surface area contributed by atoms with Crippen molar-refractivity contribution in [3.63, 3.8) is 0 Å². The van der Waals surface area contributed by atoms with E-state index in [1.165, 1.54) is 28.6 Å². The minimum atomic E-state index is -3.69. The van der Waals surface area contributed by atoms with Crippen LogP contribution in [0.25, 0.3) is 11.1 Å². The summed E-state index contributed by atoms with van der Waals surface area (Å²) >= 11 is 0. The van der Waals surface area contributed by atoms with Crippen LogP contribution in [-0.2, 0) is 16.6 Å². The molecule has 0 aromatic heterocycles. The Kier molecular flexibility index (Phi) is 6.51. The summed E-state index contributed by atoms with van der Waals surface area (Å²) in [6.07, 6.45) is 0. The van der Waals surface area contributed by atoms with Gasteiger partial charge in [0.05, 0.1) is 21.5 Å². The van der Waals surface area contributed by atoms with E-state index in [9.17, 15) is 23.8 Å². The van der Waals surface area contributed by atoms with Crippen LogP contribution in [0.2, 0.25) is 0 Å². The summed E-state index contributed by atoms with van der Waals surface area (Å²) in [5.74, 6) is 0. The average Bonchev–Trinajstić information content (AvgIpc) is 2.85. The summed E-state index contributed by atoms with van der Waals surface area (Å²) in [4.78, 5) is 12.5. The number of nitro benzene ring substituents is 1. The second-order valence-corrected chi connectivity index (χ2v) is 9.72. The number of nitro groups is 1. The molecule has 0 radical (unpaired) electrons. The van der Waals surface area contributed by atoms with Crippen molar-refractivity contribution in [3.8, 4) is 17.2 Å². The summed E-state index contributed by atoms with van der Waals surface area (Å²) in [7, 11) is -3.69. The molecule has 9 heteroatoms. The van der Waals surface area contributed by atoms with E-state index >= 15 is 0 Å². The molecule has 1 aliphatic heterocycles. The third-order valence-electron chi connectivity index (χ3n) is 5.74. The lowest BCUT2D eigenvalue weighted by molar-refractivity contribution is -0.384. The molecule has 0 spiro atoms. The van der Waals surface area contributed by atoms with Gasteiger partial charge in [-0.05, 0) is 34.9 Å². The van der Waals surface area contributed by atoms with Gasteiger partial charge in [-0.2, -0.15) is 9.57 Å². The highest BCUT2D eigenvalue weighted by molar-refractivity contribution is 7.89. The number of benzene rings is 3. The van der Waals surface area contributed by atoms with E-state index < -0.39 is 14.9 Å². The van der Waals surface area contributed by atoms with Crippen LogP contribution < -0.4 is 0 Å². The lowest BCUT2D eigenvalue weighted by Gasteiger charge is -2.34. The van der Waals surface area contributed by atoms with Gasteiger partial charge in [-0.1, -0.05) is 42.5 Å². The van der Waals surface area contributed by atoms with Crippen molar-refractivity contribution < 1.29 is 13.3 Å². The minimum Gasteiger partial charge on any atom is -0.296 e. The van der Waals surface area contributed by atoms with Crippen molar-refractivity contribution in [2.45, 2.75) is 11.4 Å². The number of piperazine rings is 1. The molecule has 0 bridgehead atoms. The Labute approximate surface area is 192 Å². The Morgan fingerprint density at radius 1 is 0.909 bits per heavy atom. The molecule has 0 unspecified atom stereocenters. The topological polar surface area (TPSA) is 108 Å². The Morgan fingerprint density at radius 2 is 1.55 bits per heavy atom. The first-order valence-corrected chi connectivity index (χ1v) is 11.9. The highest BCUT2D eigenvalue weighted by atomic mass is 32.2. The van der Waals surface area contributed by atoms with Crippen LogP contribution >= 0.6 is 0 Å². The molecule has 8 nitrogen and oxygen atoms in total. The molecule has 0 aliphatic carbocycles. The third-order valence-corrected chi connectivity index (χ3v) is 7.65. The molecule has 1 aliphatic rings. The fourth-order valence-corrected chi connectivity index (χ4v) is 5.32. The van der Waals surface area contributed by atoms with Gasteiger partial charge in [0.1, 0.15) is 0 Å². The van der Waals surface area contributed by atoms with Crippen LogP contribution in [0.5, 0.6) is 0 Å². The van der Waals surface area contributed by atoms with E-state index in [0.29, 0.717) is 38.3 Å². The van der Waals surface area contributed by atoms with Crippen molar-refractivity contribution >= 4 is 15.7 Å². The normalized spacial score (nSPS) is 15.1. The van der Waals surface area contributed by atoms with Gasteiger partial charge < -0.3 is 0 Å². The van der Waals surface area contributed by atoms with E-state index in [2.05, 4.69) is 11.0 Å². The van der Waals surface area contributed by atoms with Crippen molar-refractivity contribution in [2.24, 2.45) is 0 Å². The Bertz CT molecular complexity index is 1290. The molecular weight excluding hydrogens is 440 g/mol. The summed E-state index contributed by atoms with van der Waals surface area (Å²) in [5.41, 5.74) is 3.49. The molecule has 0 N–H and O–H groups in total. The van der Waals surface area contributed by atoms with E-state index in [-0.39, 0.29) is 10.6 Å². The average molecular weight is 463 g/mol. The quantitative estimate of drug-likeness (QED) is 0.409. The number of nitrogens with zero attached hydrogens (tertiary/aromatic N) is 4. The first-order valence-electron chi connectivity index (χ1n) is 10.4. The SMILES string of the molecule is N#Cc1ccccc1-c1ccc(CN2CCN(S(=O)(=O)c3ccc([N+](=O)[O-])cc3)CC2)cc1. The fourth-order valence-electron chi connectivity index (χ4n) is 3.90. The molecule has 3 aromatic carbocycles. The Morgan fingerprint density at radius 3 is 2.15 bits per heavy atom. The van der Waals surface area contributed by atoms with Crippen LogP contribution in [0.1, 0.15) is 11.1 Å². The van der Waals surface area contributed by atoms with E-state index in [1.54, 1.807) is 6.07 Å². The molecule has 3 aromatic rings. The van der Waals surface area contributed by atoms with Gasteiger partial charge in [0, 0.05) is 44.9 Å². The minimum absolute atomic E-state index is 0.0646. The second kappa shape index (κ2) is 9.50. The summed E-state index contributed by atoms with van der Waals surface area (Å²) in [6, 6.07) is 22.8. The zero-order valence-corrected chi connectivity index (χ0v) is 18.6. The molecule has 1 saturated heterocycles. The predicted molar refractivity (Wildman–Crippen MR) is 124 cm³/mol. The zero-order valence-electron chi connectivity index (χ0n) is 17.8. The fraction of sp³-hybridized carbons (Fsp3) is 0.208. The van der Waals surface area contributed by atoms with Crippen LogP contribution in [0.3, 0.4) is 0 Å². The highest BCUT2D eigenvalue weighted by Crippen LogP contribution is 2.25. The number of rotatable bonds is 6. The number of non-ortho nitro benzene ring substituents is 1. The summed E-state index contributed by atoms with van der Waals surface area (Å²) in [5, 5.41) is 20.1. The van der Waals surface area contributed by atoms with Gasteiger partial charge in [0.2, 0.25) is 10.0 Å². The molecule has 1 fully saturated rings. The second-order valence-electron chi connectivity index (χ2n) is 7.79. The van der Waals surface area contributed by atoms with E-state index in [1.807, 2.05) is 42.5 Å². The first-order chi connectivity index (χ1) is 15.9. The zero-order chi connectivity index (χ0) is 23.4. The number of sulfonamides is 1. The maximum atomic E-state index is 12.9. The largest absolute Gasteiger partial charge is 0.296 e. The molecule has 4 rings (SSSR count). The predicted octanol–water partition coefficient (Wildman–Crippen LogP) is 3.64. The molecule has 1 heterocycles. The highest BCUT2D eigenvalue weighted by Gasteiger charge is 2.28. The van der Waals surface area contributed by atoms with Crippen molar-refractivity contribution in [2.75, 3.05) is 26.2 Å². The maximum absolute atomic E-state index is 12.9. The molecule has 168 valence electrons. The van der Waals surface area contributed by atoms with Gasteiger partial charge in [0.15, 0.2) is 0 Å². The molecule has 0 saturated carbocycles. The lowest BCUT2D eigenvalue weighted by atomic mass is 9.99. The van der Waals surface area contributed by atoms with Crippen molar-refractivity contribution in [1.82, 2.24) is 9.21 Å². The first kappa shape index (κ1) is 22.6. The van der Waals surface area contributed by atoms with Crippen LogP contribution in [0.15, 0.2) is 77.7 Å². The summed E-state index contributed by atoms with van der Waals surface area (Å²) in [6.45, 7) is 2.59. The standard InChI is InChI=1S/C24H22N4O4S/c25-17-21-3-1-2-4-24(21)20-7-5-19(6-8-20)18-26-13-15-27(16-14-26)33(31,32)23-11-9-22(10-12-23)28(29)30/h1-12H,13-16,18H2. The van der Waals surface area contributed by atoms with Crippen molar-refractivity contribution in [1.29, 1.82) is 5.26 Å². The number of hydrogen-bond acceptors (Lipinski definition) is 6. The maximum Gasteiger partial charge on any atom is 0.269 e. The van der Waals surface area contributed by atoms with Gasteiger partial charge in [-0.15, -0.1) is 0 Å².